The summed E-state index contributed by atoms with van der Waals surface area (Å²) in [6, 6.07) is 5.11. The van der Waals surface area contributed by atoms with Crippen molar-refractivity contribution in [1.29, 1.82) is 0 Å². The van der Waals surface area contributed by atoms with Gasteiger partial charge in [-0.15, -0.1) is 0 Å². The van der Waals surface area contributed by atoms with Crippen molar-refractivity contribution in [2.24, 2.45) is 0 Å². The molecule has 1 aromatic carbocycles. The molecule has 20 heavy (non-hydrogen) atoms. The van der Waals surface area contributed by atoms with Crippen LogP contribution in [0, 0.1) is 6.92 Å². The smallest absolute Gasteiger partial charge is 0.240 e. The second kappa shape index (κ2) is 5.90. The third-order valence-corrected chi connectivity index (χ3v) is 4.60. The van der Waals surface area contributed by atoms with Crippen LogP contribution in [0.2, 0.25) is 0 Å². The number of hydrogen-bond acceptors (Lipinski definition) is 4. The van der Waals surface area contributed by atoms with E-state index in [2.05, 4.69) is 15.4 Å². The Bertz CT molecular complexity index is 609. The minimum atomic E-state index is -3.51. The lowest BCUT2D eigenvalue weighted by Crippen LogP contribution is -2.29. The van der Waals surface area contributed by atoms with E-state index in [4.69, 9.17) is 0 Å². The summed E-state index contributed by atoms with van der Waals surface area (Å²) in [5.74, 6) is -0.168. The molecule has 1 fully saturated rings. The molecule has 0 radical (unpaired) electrons. The predicted molar refractivity (Wildman–Crippen MR) is 77.1 cm³/mol. The van der Waals surface area contributed by atoms with Crippen LogP contribution >= 0.6 is 0 Å². The Hall–Kier alpha value is -1.44. The summed E-state index contributed by atoms with van der Waals surface area (Å²) in [5, 5.41) is 5.85. The van der Waals surface area contributed by atoms with E-state index in [9.17, 15) is 13.2 Å². The second-order valence-electron chi connectivity index (χ2n) is 4.89. The molecule has 1 saturated carbocycles. The Morgan fingerprint density at radius 2 is 2.05 bits per heavy atom. The molecular weight excluding hydrogens is 278 g/mol. The normalized spacial score (nSPS) is 15.1. The van der Waals surface area contributed by atoms with E-state index in [1.165, 1.54) is 19.2 Å². The number of carbonyl (C=O) groups is 1. The fraction of sp³-hybridized carbons (Fsp3) is 0.462. The van der Waals surface area contributed by atoms with Gasteiger partial charge in [0.25, 0.3) is 0 Å². The van der Waals surface area contributed by atoms with E-state index in [1.807, 2.05) is 6.92 Å². The predicted octanol–water partition coefficient (Wildman–Crippen LogP) is 0.594. The lowest BCUT2D eigenvalue weighted by atomic mass is 10.2. The molecule has 0 aromatic heterocycles. The average Bonchev–Trinajstić information content (AvgIpc) is 3.23. The molecule has 0 spiro atoms. The first kappa shape index (κ1) is 15.0. The molecule has 0 bridgehead atoms. The van der Waals surface area contributed by atoms with Crippen molar-refractivity contribution in [3.63, 3.8) is 0 Å². The number of anilines is 1. The number of sulfonamides is 1. The van der Waals surface area contributed by atoms with E-state index in [0.29, 0.717) is 11.7 Å². The molecule has 2 rings (SSSR count). The van der Waals surface area contributed by atoms with Gasteiger partial charge in [-0.2, -0.15) is 0 Å². The van der Waals surface area contributed by atoms with E-state index in [-0.39, 0.29) is 17.3 Å². The van der Waals surface area contributed by atoms with Crippen LogP contribution in [-0.2, 0) is 14.8 Å². The number of benzene rings is 1. The molecule has 1 aliphatic rings. The summed E-state index contributed by atoms with van der Waals surface area (Å²) in [6.07, 6.45) is 2.23. The first-order valence-electron chi connectivity index (χ1n) is 6.50. The Morgan fingerprint density at radius 1 is 1.35 bits per heavy atom. The Kier molecular flexibility index (Phi) is 4.42. The van der Waals surface area contributed by atoms with Gasteiger partial charge in [-0.25, -0.2) is 13.1 Å². The lowest BCUT2D eigenvalue weighted by Gasteiger charge is -2.11. The fourth-order valence-corrected chi connectivity index (χ4v) is 2.50. The van der Waals surface area contributed by atoms with Crippen LogP contribution in [0.5, 0.6) is 0 Å². The van der Waals surface area contributed by atoms with Crippen LogP contribution in [0.1, 0.15) is 18.4 Å². The van der Waals surface area contributed by atoms with Crippen molar-refractivity contribution < 1.29 is 13.2 Å². The number of hydrogen-bond donors (Lipinski definition) is 3. The van der Waals surface area contributed by atoms with Crippen molar-refractivity contribution in [3.8, 4) is 0 Å². The third-order valence-electron chi connectivity index (χ3n) is 3.19. The van der Waals surface area contributed by atoms with Gasteiger partial charge in [0.05, 0.1) is 11.4 Å². The first-order chi connectivity index (χ1) is 9.42. The average molecular weight is 297 g/mol. The number of rotatable bonds is 6. The maximum atomic E-state index is 11.8. The van der Waals surface area contributed by atoms with Gasteiger partial charge in [0.15, 0.2) is 0 Å². The van der Waals surface area contributed by atoms with Gasteiger partial charge in [0.1, 0.15) is 0 Å². The van der Waals surface area contributed by atoms with Crippen LogP contribution in [0.3, 0.4) is 0 Å². The van der Waals surface area contributed by atoms with Crippen LogP contribution in [0.15, 0.2) is 23.1 Å². The number of amides is 1. The monoisotopic (exact) mass is 297 g/mol. The van der Waals surface area contributed by atoms with Gasteiger partial charge < -0.3 is 10.6 Å². The van der Waals surface area contributed by atoms with Crippen LogP contribution in [0.25, 0.3) is 0 Å². The number of carbonyl (C=O) groups excluding carboxylic acids is 1. The minimum Gasteiger partial charge on any atom is -0.325 e. The Morgan fingerprint density at radius 3 is 2.65 bits per heavy atom. The minimum absolute atomic E-state index is 0.135. The molecule has 110 valence electrons. The third kappa shape index (κ3) is 3.78. The van der Waals surface area contributed by atoms with Gasteiger partial charge in [-0.3, -0.25) is 4.79 Å². The summed E-state index contributed by atoms with van der Waals surface area (Å²) < 4.78 is 25.7. The number of nitrogens with one attached hydrogen (secondary N) is 3. The zero-order valence-electron chi connectivity index (χ0n) is 11.6. The maximum Gasteiger partial charge on any atom is 0.240 e. The molecule has 0 unspecified atom stereocenters. The van der Waals surface area contributed by atoms with E-state index in [0.717, 1.165) is 18.4 Å². The summed E-state index contributed by atoms with van der Waals surface area (Å²) in [7, 11) is -2.15. The van der Waals surface area contributed by atoms with Gasteiger partial charge in [0, 0.05) is 11.7 Å². The summed E-state index contributed by atoms with van der Waals surface area (Å²) in [5.41, 5.74) is 1.34. The quantitative estimate of drug-likeness (QED) is 0.717. The van der Waals surface area contributed by atoms with Crippen molar-refractivity contribution in [3.05, 3.63) is 23.8 Å². The van der Waals surface area contributed by atoms with Gasteiger partial charge in [0.2, 0.25) is 15.9 Å². The topological polar surface area (TPSA) is 87.3 Å². The summed E-state index contributed by atoms with van der Waals surface area (Å²) >= 11 is 0. The molecular formula is C13H19N3O3S. The molecule has 0 heterocycles. The molecule has 1 amide bonds. The zero-order chi connectivity index (χ0) is 14.8. The van der Waals surface area contributed by atoms with Gasteiger partial charge in [-0.1, -0.05) is 6.07 Å². The molecule has 1 aromatic rings. The molecule has 6 nitrogen and oxygen atoms in total. The SMILES string of the molecule is CNS(=O)(=O)c1ccc(C)c(NC(=O)CNC2CC2)c1. The van der Waals surface area contributed by atoms with E-state index >= 15 is 0 Å². The van der Waals surface area contributed by atoms with Gasteiger partial charge in [-0.05, 0) is 44.5 Å². The Balaban J connectivity index is 2.09. The van der Waals surface area contributed by atoms with Gasteiger partial charge >= 0.3 is 0 Å². The van der Waals surface area contributed by atoms with Crippen LogP contribution in [-0.4, -0.2) is 34.0 Å². The Labute approximate surface area is 119 Å². The zero-order valence-corrected chi connectivity index (χ0v) is 12.4. The molecule has 0 aliphatic heterocycles. The second-order valence-corrected chi connectivity index (χ2v) is 6.77. The highest BCUT2D eigenvalue weighted by atomic mass is 32.2. The highest BCUT2D eigenvalue weighted by molar-refractivity contribution is 7.89. The molecule has 0 atom stereocenters. The summed E-state index contributed by atoms with van der Waals surface area (Å²) in [6.45, 7) is 2.06. The standard InChI is InChI=1S/C13H19N3O3S/c1-9-3-6-11(20(18,19)14-2)7-12(9)16-13(17)8-15-10-4-5-10/h3,6-7,10,14-15H,4-5,8H2,1-2H3,(H,16,17). The van der Waals surface area contributed by atoms with Crippen molar-refractivity contribution in [2.45, 2.75) is 30.7 Å². The highest BCUT2D eigenvalue weighted by Gasteiger charge is 2.21. The van der Waals surface area contributed by atoms with Crippen molar-refractivity contribution in [1.82, 2.24) is 10.0 Å². The molecule has 3 N–H and O–H groups in total. The van der Waals surface area contributed by atoms with E-state index in [1.54, 1.807) is 6.07 Å². The van der Waals surface area contributed by atoms with E-state index < -0.39 is 10.0 Å². The molecule has 1 aliphatic carbocycles. The lowest BCUT2D eigenvalue weighted by molar-refractivity contribution is -0.115. The van der Waals surface area contributed by atoms with Crippen molar-refractivity contribution >= 4 is 21.6 Å². The van der Waals surface area contributed by atoms with Crippen LogP contribution in [0.4, 0.5) is 5.69 Å². The first-order valence-corrected chi connectivity index (χ1v) is 7.98. The highest BCUT2D eigenvalue weighted by Crippen LogP contribution is 2.20. The maximum absolute atomic E-state index is 11.8. The summed E-state index contributed by atoms with van der Waals surface area (Å²) in [4.78, 5) is 11.9. The number of aryl methyl sites for hydroxylation is 1. The van der Waals surface area contributed by atoms with Crippen LogP contribution < -0.4 is 15.4 Å². The van der Waals surface area contributed by atoms with Crippen molar-refractivity contribution in [2.75, 3.05) is 18.9 Å². The molecule has 0 saturated heterocycles. The fourth-order valence-electron chi connectivity index (χ4n) is 1.74. The molecule has 7 heteroatoms. The largest absolute Gasteiger partial charge is 0.325 e.